The highest BCUT2D eigenvalue weighted by molar-refractivity contribution is 7.89. The number of para-hydroxylation sites is 1. The first kappa shape index (κ1) is 20.3. The topological polar surface area (TPSA) is 78.0 Å². The van der Waals surface area contributed by atoms with Crippen LogP contribution >= 0.6 is 0 Å². The van der Waals surface area contributed by atoms with Gasteiger partial charge in [0.25, 0.3) is 0 Å². The van der Waals surface area contributed by atoms with Crippen molar-refractivity contribution in [3.05, 3.63) is 54.6 Å². The molecule has 29 heavy (non-hydrogen) atoms. The number of benzene rings is 2. The number of hydrogen-bond acceptors (Lipinski definition) is 5. The van der Waals surface area contributed by atoms with Crippen molar-refractivity contribution in [1.82, 2.24) is 8.61 Å². The van der Waals surface area contributed by atoms with Gasteiger partial charge in [-0.2, -0.15) is 8.61 Å². The van der Waals surface area contributed by atoms with E-state index in [0.717, 1.165) is 18.5 Å². The molecule has 2 heterocycles. The highest BCUT2D eigenvalue weighted by Gasteiger charge is 2.30. The maximum atomic E-state index is 13.0. The average molecular weight is 436 g/mol. The smallest absolute Gasteiger partial charge is 0.243 e. The van der Waals surface area contributed by atoms with Crippen molar-refractivity contribution in [3.63, 3.8) is 0 Å². The van der Waals surface area contributed by atoms with Crippen molar-refractivity contribution in [3.8, 4) is 0 Å². The molecule has 4 rings (SSSR count). The van der Waals surface area contributed by atoms with Crippen LogP contribution in [0, 0.1) is 0 Å². The van der Waals surface area contributed by atoms with Gasteiger partial charge in [-0.3, -0.25) is 0 Å². The fourth-order valence-corrected chi connectivity index (χ4v) is 6.77. The van der Waals surface area contributed by atoms with Crippen LogP contribution in [0.4, 0.5) is 5.69 Å². The molecule has 0 aliphatic carbocycles. The molecule has 0 aromatic heterocycles. The van der Waals surface area contributed by atoms with Crippen LogP contribution in [0.15, 0.2) is 64.4 Å². The third-order valence-corrected chi connectivity index (χ3v) is 9.35. The lowest BCUT2D eigenvalue weighted by molar-refractivity contribution is 0.385. The number of anilines is 1. The number of piperazine rings is 1. The van der Waals surface area contributed by atoms with E-state index in [4.69, 9.17) is 0 Å². The summed E-state index contributed by atoms with van der Waals surface area (Å²) in [4.78, 5) is 2.44. The molecule has 7 nitrogen and oxygen atoms in total. The van der Waals surface area contributed by atoms with E-state index in [-0.39, 0.29) is 9.79 Å². The fraction of sp³-hybridized carbons (Fsp3) is 0.400. The summed E-state index contributed by atoms with van der Waals surface area (Å²) in [5, 5.41) is 0. The van der Waals surface area contributed by atoms with Gasteiger partial charge in [-0.15, -0.1) is 0 Å². The van der Waals surface area contributed by atoms with E-state index in [1.165, 1.54) is 32.9 Å². The van der Waals surface area contributed by atoms with Gasteiger partial charge in [-0.05, 0) is 49.2 Å². The van der Waals surface area contributed by atoms with Gasteiger partial charge in [0.05, 0.1) is 9.79 Å². The Hall–Kier alpha value is -1.94. The normalized spacial score (nSPS) is 19.5. The number of nitrogens with zero attached hydrogens (tertiary/aromatic N) is 3. The Bertz CT molecular complexity index is 1040. The van der Waals surface area contributed by atoms with E-state index >= 15 is 0 Å². The van der Waals surface area contributed by atoms with Crippen molar-refractivity contribution in [2.24, 2.45) is 0 Å². The Morgan fingerprint density at radius 3 is 1.48 bits per heavy atom. The monoisotopic (exact) mass is 435 g/mol. The van der Waals surface area contributed by atoms with Crippen molar-refractivity contribution in [2.45, 2.75) is 22.6 Å². The minimum absolute atomic E-state index is 0.131. The lowest BCUT2D eigenvalue weighted by atomic mass is 10.2. The first-order valence-corrected chi connectivity index (χ1v) is 12.7. The van der Waals surface area contributed by atoms with E-state index in [2.05, 4.69) is 4.90 Å². The molecule has 2 aromatic carbocycles. The van der Waals surface area contributed by atoms with Crippen LogP contribution in [-0.4, -0.2) is 64.7 Å². The fourth-order valence-electron chi connectivity index (χ4n) is 3.84. The highest BCUT2D eigenvalue weighted by Crippen LogP contribution is 2.25. The first-order chi connectivity index (χ1) is 13.9. The summed E-state index contributed by atoms with van der Waals surface area (Å²) in [5.41, 5.74) is 1.08. The van der Waals surface area contributed by atoms with Gasteiger partial charge in [-0.25, -0.2) is 16.8 Å². The zero-order valence-corrected chi connectivity index (χ0v) is 17.8. The molecular weight excluding hydrogens is 410 g/mol. The van der Waals surface area contributed by atoms with Gasteiger partial charge in [-0.1, -0.05) is 18.2 Å². The van der Waals surface area contributed by atoms with Gasteiger partial charge in [0, 0.05) is 45.0 Å². The number of sulfonamides is 2. The Balaban J connectivity index is 1.47. The minimum Gasteiger partial charge on any atom is -0.369 e. The van der Waals surface area contributed by atoms with Crippen molar-refractivity contribution >= 4 is 25.7 Å². The van der Waals surface area contributed by atoms with Crippen LogP contribution in [0.3, 0.4) is 0 Å². The molecule has 2 saturated heterocycles. The predicted octanol–water partition coefficient (Wildman–Crippen LogP) is 1.98. The van der Waals surface area contributed by atoms with Crippen molar-refractivity contribution in [2.75, 3.05) is 44.2 Å². The minimum atomic E-state index is -3.65. The molecule has 156 valence electrons. The molecule has 0 bridgehead atoms. The van der Waals surface area contributed by atoms with Crippen LogP contribution in [0.1, 0.15) is 12.8 Å². The molecule has 0 N–H and O–H groups in total. The van der Waals surface area contributed by atoms with Crippen molar-refractivity contribution < 1.29 is 16.8 Å². The largest absolute Gasteiger partial charge is 0.369 e. The number of rotatable bonds is 5. The molecule has 0 unspecified atom stereocenters. The molecule has 0 amide bonds. The summed E-state index contributed by atoms with van der Waals surface area (Å²) in [6.45, 7) is 3.06. The van der Waals surface area contributed by atoms with Crippen LogP contribution in [0.2, 0.25) is 0 Å². The summed E-state index contributed by atoms with van der Waals surface area (Å²) < 4.78 is 54.2. The van der Waals surface area contributed by atoms with E-state index in [9.17, 15) is 16.8 Å². The van der Waals surface area contributed by atoms with Gasteiger partial charge in [0.2, 0.25) is 20.0 Å². The molecule has 0 spiro atoms. The summed E-state index contributed by atoms with van der Waals surface area (Å²) >= 11 is 0. The lowest BCUT2D eigenvalue weighted by Gasteiger charge is -2.35. The second-order valence-corrected chi connectivity index (χ2v) is 11.2. The third-order valence-electron chi connectivity index (χ3n) is 5.52. The quantitative estimate of drug-likeness (QED) is 0.718. The Labute approximate surface area is 172 Å². The zero-order chi connectivity index (χ0) is 20.5. The SMILES string of the molecule is O=S(=O)(c1ccc(S(=O)(=O)N2CCN(c3ccccc3)CC2)cc1)N1CCCC1. The molecule has 2 fully saturated rings. The van der Waals surface area contributed by atoms with E-state index < -0.39 is 20.0 Å². The molecular formula is C20H25N3O4S2. The Morgan fingerprint density at radius 2 is 1.00 bits per heavy atom. The molecule has 0 radical (unpaired) electrons. The van der Waals surface area contributed by atoms with Crippen LogP contribution in [-0.2, 0) is 20.0 Å². The van der Waals surface area contributed by atoms with Crippen LogP contribution in [0.25, 0.3) is 0 Å². The van der Waals surface area contributed by atoms with Crippen LogP contribution < -0.4 is 4.90 Å². The van der Waals surface area contributed by atoms with Gasteiger partial charge in [0.15, 0.2) is 0 Å². The maximum Gasteiger partial charge on any atom is 0.243 e. The van der Waals surface area contributed by atoms with E-state index in [1.54, 1.807) is 0 Å². The predicted molar refractivity (Wildman–Crippen MR) is 112 cm³/mol. The summed E-state index contributed by atoms with van der Waals surface area (Å²) in [7, 11) is -7.20. The van der Waals surface area contributed by atoms with Gasteiger partial charge >= 0.3 is 0 Å². The maximum absolute atomic E-state index is 13.0. The van der Waals surface area contributed by atoms with Crippen LogP contribution in [0.5, 0.6) is 0 Å². The second-order valence-electron chi connectivity index (χ2n) is 7.31. The summed E-state index contributed by atoms with van der Waals surface area (Å²) in [5.74, 6) is 0. The first-order valence-electron chi connectivity index (χ1n) is 9.79. The molecule has 0 saturated carbocycles. The second kappa shape index (κ2) is 8.06. The average Bonchev–Trinajstić information content (AvgIpc) is 3.30. The molecule has 2 aliphatic heterocycles. The zero-order valence-electron chi connectivity index (χ0n) is 16.1. The Morgan fingerprint density at radius 1 is 0.552 bits per heavy atom. The van der Waals surface area contributed by atoms with Gasteiger partial charge < -0.3 is 4.90 Å². The molecule has 2 aromatic rings. The van der Waals surface area contributed by atoms with Crippen molar-refractivity contribution in [1.29, 1.82) is 0 Å². The highest BCUT2D eigenvalue weighted by atomic mass is 32.2. The molecule has 0 atom stereocenters. The Kier molecular flexibility index (Phi) is 5.65. The standard InChI is InChI=1S/C20H25N3O4S2/c24-28(25,22-12-4-5-13-22)19-8-10-20(11-9-19)29(26,27)23-16-14-21(15-17-23)18-6-2-1-3-7-18/h1-3,6-11H,4-5,12-17H2. The molecule has 9 heteroatoms. The van der Waals surface area contributed by atoms with E-state index in [0.29, 0.717) is 39.3 Å². The lowest BCUT2D eigenvalue weighted by Crippen LogP contribution is -2.48. The number of hydrogen-bond donors (Lipinski definition) is 0. The van der Waals surface area contributed by atoms with Gasteiger partial charge in [0.1, 0.15) is 0 Å². The third kappa shape index (κ3) is 4.05. The summed E-state index contributed by atoms with van der Waals surface area (Å²) in [6.07, 6.45) is 1.72. The molecule has 2 aliphatic rings. The van der Waals surface area contributed by atoms with E-state index in [1.807, 2.05) is 30.3 Å². The summed E-state index contributed by atoms with van der Waals surface area (Å²) in [6, 6.07) is 15.5.